The van der Waals surface area contributed by atoms with E-state index in [9.17, 15) is 0 Å². The van der Waals surface area contributed by atoms with Gasteiger partial charge in [0.25, 0.3) is 0 Å². The van der Waals surface area contributed by atoms with Crippen molar-refractivity contribution in [1.29, 1.82) is 0 Å². The molecule has 3 rings (SSSR count). The Balaban J connectivity index is 2.03. The molecule has 1 aromatic heterocycles. The maximum absolute atomic E-state index is 6.16. The van der Waals surface area contributed by atoms with E-state index in [1.54, 1.807) is 7.11 Å². The molecule has 2 aliphatic carbocycles. The van der Waals surface area contributed by atoms with Gasteiger partial charge in [0.2, 0.25) is 0 Å². The SMILES string of the molecule is COC1(c2nc(N)c(I)c(C3CCCC3)n2)CCCC1. The third-order valence-electron chi connectivity index (χ3n) is 4.85. The highest BCUT2D eigenvalue weighted by Gasteiger charge is 2.39. The summed E-state index contributed by atoms with van der Waals surface area (Å²) in [5.41, 5.74) is 7.02. The summed E-state index contributed by atoms with van der Waals surface area (Å²) in [5, 5.41) is 0. The molecule has 0 saturated heterocycles. The summed E-state index contributed by atoms with van der Waals surface area (Å²) in [7, 11) is 1.78. The van der Waals surface area contributed by atoms with Crippen LogP contribution in [0.5, 0.6) is 0 Å². The minimum absolute atomic E-state index is 0.300. The van der Waals surface area contributed by atoms with Gasteiger partial charge < -0.3 is 10.5 Å². The number of nitrogens with zero attached hydrogens (tertiary/aromatic N) is 2. The minimum atomic E-state index is -0.300. The average Bonchev–Trinajstić information content (AvgIpc) is 3.12. The van der Waals surface area contributed by atoms with Crippen LogP contribution in [0.3, 0.4) is 0 Å². The van der Waals surface area contributed by atoms with Gasteiger partial charge in [0.05, 0.1) is 9.26 Å². The zero-order chi connectivity index (χ0) is 14.2. The van der Waals surface area contributed by atoms with Crippen LogP contribution in [0.1, 0.15) is 68.8 Å². The Kier molecular flexibility index (Phi) is 4.17. The summed E-state index contributed by atoms with van der Waals surface area (Å²) < 4.78 is 6.86. The Bertz CT molecular complexity index is 494. The molecule has 2 N–H and O–H groups in total. The van der Waals surface area contributed by atoms with E-state index in [0.29, 0.717) is 11.7 Å². The van der Waals surface area contributed by atoms with Crippen molar-refractivity contribution in [1.82, 2.24) is 9.97 Å². The van der Waals surface area contributed by atoms with Gasteiger partial charge in [-0.1, -0.05) is 12.8 Å². The Morgan fingerprint density at radius 1 is 1.15 bits per heavy atom. The van der Waals surface area contributed by atoms with Gasteiger partial charge in [0.15, 0.2) is 5.82 Å². The lowest BCUT2D eigenvalue weighted by Gasteiger charge is -2.27. The van der Waals surface area contributed by atoms with Gasteiger partial charge >= 0.3 is 0 Å². The molecular weight excluding hydrogens is 365 g/mol. The lowest BCUT2D eigenvalue weighted by Crippen LogP contribution is -2.29. The fraction of sp³-hybridized carbons (Fsp3) is 0.733. The van der Waals surface area contributed by atoms with Gasteiger partial charge in [0, 0.05) is 13.0 Å². The Labute approximate surface area is 134 Å². The fourth-order valence-electron chi connectivity index (χ4n) is 3.62. The first-order chi connectivity index (χ1) is 9.66. The number of nitrogen functional groups attached to an aromatic ring is 1. The second-order valence-corrected chi connectivity index (χ2v) is 7.10. The maximum Gasteiger partial charge on any atom is 0.162 e. The zero-order valence-corrected chi connectivity index (χ0v) is 14.1. The predicted molar refractivity (Wildman–Crippen MR) is 87.5 cm³/mol. The molecule has 0 unspecified atom stereocenters. The Hall–Kier alpha value is -0.430. The van der Waals surface area contributed by atoms with E-state index in [1.165, 1.54) is 38.5 Å². The predicted octanol–water partition coefficient (Wildman–Crippen LogP) is 3.74. The summed E-state index contributed by atoms with van der Waals surface area (Å²) in [4.78, 5) is 9.48. The molecule has 1 heterocycles. The second-order valence-electron chi connectivity index (χ2n) is 6.02. The van der Waals surface area contributed by atoms with E-state index >= 15 is 0 Å². The molecule has 0 aliphatic heterocycles. The molecule has 0 bridgehead atoms. The molecule has 0 amide bonds. The third-order valence-corrected chi connectivity index (χ3v) is 5.96. The number of hydrogen-bond donors (Lipinski definition) is 1. The van der Waals surface area contributed by atoms with Crippen molar-refractivity contribution in [2.24, 2.45) is 0 Å². The standard InChI is InChI=1S/C15H22IN3O/c1-20-15(8-4-5-9-15)14-18-12(10-6-2-3-7-10)11(16)13(17)19-14/h10H,2-9H2,1H3,(H2,17,18,19). The molecule has 0 aromatic carbocycles. The summed E-state index contributed by atoms with van der Waals surface area (Å²) in [6, 6.07) is 0. The molecule has 2 aliphatic rings. The van der Waals surface area contributed by atoms with Crippen molar-refractivity contribution in [3.05, 3.63) is 15.1 Å². The van der Waals surface area contributed by atoms with Crippen molar-refractivity contribution in [2.75, 3.05) is 12.8 Å². The highest BCUT2D eigenvalue weighted by Crippen LogP contribution is 2.42. The topological polar surface area (TPSA) is 61.0 Å². The number of ether oxygens (including phenoxy) is 1. The van der Waals surface area contributed by atoms with E-state index in [2.05, 4.69) is 27.6 Å². The third kappa shape index (κ3) is 2.43. The fourth-order valence-corrected chi connectivity index (χ4v) is 4.30. The smallest absolute Gasteiger partial charge is 0.162 e. The van der Waals surface area contributed by atoms with Crippen LogP contribution in [0, 0.1) is 3.57 Å². The van der Waals surface area contributed by atoms with E-state index in [1.807, 2.05) is 0 Å². The van der Waals surface area contributed by atoms with Crippen molar-refractivity contribution in [3.8, 4) is 0 Å². The molecule has 4 nitrogen and oxygen atoms in total. The monoisotopic (exact) mass is 387 g/mol. The molecule has 0 spiro atoms. The van der Waals surface area contributed by atoms with Crippen molar-refractivity contribution in [3.63, 3.8) is 0 Å². The lowest BCUT2D eigenvalue weighted by molar-refractivity contribution is -0.0164. The quantitative estimate of drug-likeness (QED) is 0.803. The molecule has 2 fully saturated rings. The van der Waals surface area contributed by atoms with E-state index in [4.69, 9.17) is 15.5 Å². The van der Waals surface area contributed by atoms with Gasteiger partial charge in [-0.25, -0.2) is 9.97 Å². The van der Waals surface area contributed by atoms with E-state index < -0.39 is 0 Å². The van der Waals surface area contributed by atoms with Crippen LogP contribution >= 0.6 is 22.6 Å². The number of halogens is 1. The maximum atomic E-state index is 6.16. The number of methoxy groups -OCH3 is 1. The molecule has 110 valence electrons. The van der Waals surface area contributed by atoms with Gasteiger partial charge in [-0.2, -0.15) is 0 Å². The molecule has 1 aromatic rings. The van der Waals surface area contributed by atoms with Crippen LogP contribution in [0.25, 0.3) is 0 Å². The first kappa shape index (κ1) is 14.5. The Morgan fingerprint density at radius 3 is 2.40 bits per heavy atom. The highest BCUT2D eigenvalue weighted by molar-refractivity contribution is 14.1. The normalized spacial score (nSPS) is 22.5. The largest absolute Gasteiger partial charge is 0.383 e. The van der Waals surface area contributed by atoms with Crippen molar-refractivity contribution < 1.29 is 4.74 Å². The number of nitrogens with two attached hydrogens (primary N) is 1. The summed E-state index contributed by atoms with van der Waals surface area (Å²) >= 11 is 2.30. The molecule has 2 saturated carbocycles. The number of hydrogen-bond acceptors (Lipinski definition) is 4. The average molecular weight is 387 g/mol. The number of rotatable bonds is 3. The summed E-state index contributed by atoms with van der Waals surface area (Å²) in [6.07, 6.45) is 9.44. The second kappa shape index (κ2) is 5.75. The van der Waals surface area contributed by atoms with E-state index in [-0.39, 0.29) is 5.60 Å². The van der Waals surface area contributed by atoms with Crippen LogP contribution in [0.4, 0.5) is 5.82 Å². The van der Waals surface area contributed by atoms with Crippen LogP contribution in [-0.2, 0) is 10.3 Å². The first-order valence-corrected chi connectivity index (χ1v) is 8.63. The first-order valence-electron chi connectivity index (χ1n) is 7.55. The molecule has 0 atom stereocenters. The summed E-state index contributed by atoms with van der Waals surface area (Å²) in [5.74, 6) is 2.00. The Morgan fingerprint density at radius 2 is 1.80 bits per heavy atom. The minimum Gasteiger partial charge on any atom is -0.383 e. The molecule has 0 radical (unpaired) electrons. The zero-order valence-electron chi connectivity index (χ0n) is 12.0. The van der Waals surface area contributed by atoms with Crippen LogP contribution in [0.2, 0.25) is 0 Å². The van der Waals surface area contributed by atoms with Crippen LogP contribution in [-0.4, -0.2) is 17.1 Å². The summed E-state index contributed by atoms with van der Waals surface area (Å²) in [6.45, 7) is 0. The lowest BCUT2D eigenvalue weighted by atomic mass is 9.99. The van der Waals surface area contributed by atoms with E-state index in [0.717, 1.165) is 27.9 Å². The molecular formula is C15H22IN3O. The highest BCUT2D eigenvalue weighted by atomic mass is 127. The number of aromatic nitrogens is 2. The molecule has 5 heteroatoms. The van der Waals surface area contributed by atoms with Gasteiger partial charge in [-0.05, 0) is 61.1 Å². The van der Waals surface area contributed by atoms with Gasteiger partial charge in [-0.3, -0.25) is 0 Å². The van der Waals surface area contributed by atoms with Gasteiger partial charge in [0.1, 0.15) is 11.4 Å². The molecule has 20 heavy (non-hydrogen) atoms. The van der Waals surface area contributed by atoms with Crippen molar-refractivity contribution >= 4 is 28.4 Å². The number of anilines is 1. The van der Waals surface area contributed by atoms with Crippen LogP contribution in [0.15, 0.2) is 0 Å². The van der Waals surface area contributed by atoms with Gasteiger partial charge in [-0.15, -0.1) is 0 Å². The van der Waals surface area contributed by atoms with Crippen molar-refractivity contribution in [2.45, 2.75) is 62.9 Å². The van der Waals surface area contributed by atoms with Crippen LogP contribution < -0.4 is 5.73 Å².